The van der Waals surface area contributed by atoms with Crippen LogP contribution in [0.4, 0.5) is 18.0 Å². The molecule has 3 amide bonds. The Morgan fingerprint density at radius 3 is 2.37 bits per heavy atom. The molecule has 1 spiro atoms. The summed E-state index contributed by atoms with van der Waals surface area (Å²) in [6, 6.07) is 4.46. The molecule has 1 aromatic rings. The van der Waals surface area contributed by atoms with Crippen molar-refractivity contribution in [3.63, 3.8) is 0 Å². The Morgan fingerprint density at radius 1 is 1.17 bits per heavy atom. The van der Waals surface area contributed by atoms with Crippen LogP contribution in [0.1, 0.15) is 38.3 Å². The first-order valence-corrected chi connectivity index (χ1v) is 9.55. The van der Waals surface area contributed by atoms with Crippen LogP contribution in [0, 0.1) is 0 Å². The molecular formula is C20H24F3N3O4. The van der Waals surface area contributed by atoms with E-state index >= 15 is 0 Å². The number of hydrogen-bond acceptors (Lipinski definition) is 4. The summed E-state index contributed by atoms with van der Waals surface area (Å²) in [4.78, 5) is 40.6. The van der Waals surface area contributed by atoms with Crippen molar-refractivity contribution < 1.29 is 32.3 Å². The first-order chi connectivity index (χ1) is 13.8. The Hall–Kier alpha value is -2.78. The van der Waals surface area contributed by atoms with Gasteiger partial charge >= 0.3 is 12.3 Å². The Bertz CT molecular complexity index is 848. The summed E-state index contributed by atoms with van der Waals surface area (Å²) in [5.41, 5.74) is -2.33. The van der Waals surface area contributed by atoms with Crippen molar-refractivity contribution in [3.8, 4) is 0 Å². The summed E-state index contributed by atoms with van der Waals surface area (Å²) in [5.74, 6) is -0.749. The second-order valence-electron chi connectivity index (χ2n) is 8.54. The fraction of sp³-hybridized carbons (Fsp3) is 0.550. The highest BCUT2D eigenvalue weighted by Crippen LogP contribution is 2.34. The number of nitrogens with one attached hydrogen (secondary N) is 1. The van der Waals surface area contributed by atoms with Crippen molar-refractivity contribution in [1.29, 1.82) is 0 Å². The smallest absolute Gasteiger partial charge is 0.416 e. The van der Waals surface area contributed by atoms with Gasteiger partial charge in [-0.2, -0.15) is 13.2 Å². The SMILES string of the molecule is CC(C)(C)OC(=O)N1CC[C@]2(C1)C(=O)NCC(=O)N2Cc1ccc(C(F)(F)F)cc1. The molecule has 0 aliphatic carbocycles. The quantitative estimate of drug-likeness (QED) is 0.787. The van der Waals surface area contributed by atoms with Gasteiger partial charge < -0.3 is 19.9 Å². The zero-order valence-electron chi connectivity index (χ0n) is 17.0. The minimum Gasteiger partial charge on any atom is -0.444 e. The summed E-state index contributed by atoms with van der Waals surface area (Å²) in [7, 11) is 0. The minimum absolute atomic E-state index is 0.0352. The summed E-state index contributed by atoms with van der Waals surface area (Å²) >= 11 is 0. The lowest BCUT2D eigenvalue weighted by Gasteiger charge is -2.43. The van der Waals surface area contributed by atoms with Gasteiger partial charge in [-0.3, -0.25) is 9.59 Å². The first-order valence-electron chi connectivity index (χ1n) is 9.55. The Balaban J connectivity index is 1.82. The van der Waals surface area contributed by atoms with Crippen LogP contribution >= 0.6 is 0 Å². The van der Waals surface area contributed by atoms with Gasteiger partial charge in [-0.1, -0.05) is 12.1 Å². The molecule has 0 aromatic heterocycles. The topological polar surface area (TPSA) is 79.0 Å². The average molecular weight is 427 g/mol. The molecule has 7 nitrogen and oxygen atoms in total. The molecule has 1 N–H and O–H groups in total. The molecule has 30 heavy (non-hydrogen) atoms. The number of rotatable bonds is 2. The van der Waals surface area contributed by atoms with Crippen molar-refractivity contribution in [2.24, 2.45) is 0 Å². The van der Waals surface area contributed by atoms with E-state index in [0.717, 1.165) is 12.1 Å². The Kier molecular flexibility index (Phi) is 5.46. The minimum atomic E-state index is -4.46. The van der Waals surface area contributed by atoms with E-state index in [9.17, 15) is 27.6 Å². The zero-order chi connectivity index (χ0) is 22.3. The number of piperazine rings is 1. The number of likely N-dealkylation sites (tertiary alicyclic amines) is 1. The largest absolute Gasteiger partial charge is 0.444 e. The van der Waals surface area contributed by atoms with Gasteiger partial charge in [-0.05, 0) is 44.9 Å². The second-order valence-corrected chi connectivity index (χ2v) is 8.54. The molecule has 0 radical (unpaired) electrons. The molecule has 1 aromatic carbocycles. The van der Waals surface area contributed by atoms with E-state index in [4.69, 9.17) is 4.74 Å². The number of carbonyl (C=O) groups excluding carboxylic acids is 3. The van der Waals surface area contributed by atoms with E-state index in [2.05, 4.69) is 5.32 Å². The van der Waals surface area contributed by atoms with Gasteiger partial charge in [-0.25, -0.2) is 4.79 Å². The van der Waals surface area contributed by atoms with Gasteiger partial charge in [0.1, 0.15) is 11.1 Å². The molecule has 2 heterocycles. The number of amides is 3. The predicted molar refractivity (Wildman–Crippen MR) is 100 cm³/mol. The highest BCUT2D eigenvalue weighted by molar-refractivity contribution is 5.99. The van der Waals surface area contributed by atoms with Crippen LogP contribution in [0.5, 0.6) is 0 Å². The summed E-state index contributed by atoms with van der Waals surface area (Å²) in [6.45, 7) is 5.12. The maximum atomic E-state index is 12.8. The molecule has 2 fully saturated rings. The van der Waals surface area contributed by atoms with Crippen LogP contribution in [0.25, 0.3) is 0 Å². The molecule has 0 unspecified atom stereocenters. The highest BCUT2D eigenvalue weighted by Gasteiger charge is 2.54. The average Bonchev–Trinajstić information content (AvgIpc) is 3.07. The van der Waals surface area contributed by atoms with Crippen molar-refractivity contribution in [3.05, 3.63) is 35.4 Å². The third-order valence-electron chi connectivity index (χ3n) is 5.16. The summed E-state index contributed by atoms with van der Waals surface area (Å²) < 4.78 is 43.8. The second kappa shape index (κ2) is 7.48. The fourth-order valence-corrected chi connectivity index (χ4v) is 3.68. The number of nitrogens with zero attached hydrogens (tertiary/aromatic N) is 2. The number of ether oxygens (including phenoxy) is 1. The van der Waals surface area contributed by atoms with E-state index in [1.54, 1.807) is 20.8 Å². The normalized spacial score (nSPS) is 22.5. The lowest BCUT2D eigenvalue weighted by molar-refractivity contribution is -0.153. The number of hydrogen-bond donors (Lipinski definition) is 1. The maximum absolute atomic E-state index is 12.8. The van der Waals surface area contributed by atoms with Crippen molar-refractivity contribution in [2.45, 2.75) is 51.1 Å². The van der Waals surface area contributed by atoms with Crippen molar-refractivity contribution in [1.82, 2.24) is 15.1 Å². The summed E-state index contributed by atoms with van der Waals surface area (Å²) in [5, 5.41) is 2.56. The Morgan fingerprint density at radius 2 is 1.80 bits per heavy atom. The maximum Gasteiger partial charge on any atom is 0.416 e. The zero-order valence-corrected chi connectivity index (χ0v) is 17.0. The Labute approximate surface area is 172 Å². The van der Waals surface area contributed by atoms with E-state index in [1.807, 2.05) is 0 Å². The van der Waals surface area contributed by atoms with Gasteiger partial charge in [0.15, 0.2) is 0 Å². The number of benzene rings is 1. The first kappa shape index (κ1) is 21.9. The third kappa shape index (κ3) is 4.36. The van der Waals surface area contributed by atoms with Gasteiger partial charge in [-0.15, -0.1) is 0 Å². The predicted octanol–water partition coefficient (Wildman–Crippen LogP) is 2.54. The number of carbonyl (C=O) groups is 3. The van der Waals surface area contributed by atoms with Gasteiger partial charge in [0, 0.05) is 13.1 Å². The van der Waals surface area contributed by atoms with Crippen LogP contribution in [0.15, 0.2) is 24.3 Å². The molecule has 1 atom stereocenters. The van der Waals surface area contributed by atoms with Crippen molar-refractivity contribution >= 4 is 17.9 Å². The third-order valence-corrected chi connectivity index (χ3v) is 5.16. The molecule has 2 aliphatic rings. The summed E-state index contributed by atoms with van der Waals surface area (Å²) in [6.07, 6.45) is -4.83. The van der Waals surface area contributed by atoms with E-state index in [0.29, 0.717) is 5.56 Å². The van der Waals surface area contributed by atoms with Gasteiger partial charge in [0.25, 0.3) is 0 Å². The van der Waals surface area contributed by atoms with Crippen LogP contribution in [0.2, 0.25) is 0 Å². The highest BCUT2D eigenvalue weighted by atomic mass is 19.4. The van der Waals surface area contributed by atoms with Gasteiger partial charge in [0.2, 0.25) is 11.8 Å². The van der Waals surface area contributed by atoms with Crippen LogP contribution < -0.4 is 5.32 Å². The molecule has 0 bridgehead atoms. The van der Waals surface area contributed by atoms with E-state index in [-0.39, 0.29) is 44.4 Å². The lowest BCUT2D eigenvalue weighted by atomic mass is 9.91. The molecular weight excluding hydrogens is 403 g/mol. The lowest BCUT2D eigenvalue weighted by Crippen LogP contribution is -2.68. The molecule has 3 rings (SSSR count). The fourth-order valence-electron chi connectivity index (χ4n) is 3.68. The standard InChI is InChI=1S/C20H24F3N3O4/c1-18(2,3)30-17(29)25-9-8-19(12-25)16(28)24-10-15(27)26(19)11-13-4-6-14(7-5-13)20(21,22)23/h4-7H,8-12H2,1-3H3,(H,24,28)/t19-/m0/s1. The molecule has 2 saturated heterocycles. The molecule has 2 aliphatic heterocycles. The number of alkyl halides is 3. The van der Waals surface area contributed by atoms with Gasteiger partial charge in [0.05, 0.1) is 18.7 Å². The molecule has 10 heteroatoms. The van der Waals surface area contributed by atoms with Crippen LogP contribution in [0.3, 0.4) is 0 Å². The monoisotopic (exact) mass is 427 g/mol. The van der Waals surface area contributed by atoms with Crippen LogP contribution in [-0.4, -0.2) is 58.5 Å². The van der Waals surface area contributed by atoms with Crippen molar-refractivity contribution in [2.75, 3.05) is 19.6 Å². The van der Waals surface area contributed by atoms with E-state index in [1.165, 1.54) is 21.9 Å². The van der Waals surface area contributed by atoms with Crippen LogP contribution in [-0.2, 0) is 27.0 Å². The number of halogens is 3. The molecule has 164 valence electrons. The molecule has 0 saturated carbocycles. The van der Waals surface area contributed by atoms with E-state index < -0.39 is 29.0 Å².